The molecule has 14 heteroatoms. The van der Waals surface area contributed by atoms with Crippen molar-refractivity contribution in [1.29, 1.82) is 0 Å². The van der Waals surface area contributed by atoms with Gasteiger partial charge in [0.1, 0.15) is 37.4 Å². The third kappa shape index (κ3) is 10.4. The van der Waals surface area contributed by atoms with E-state index >= 15 is 0 Å². The summed E-state index contributed by atoms with van der Waals surface area (Å²) in [6.45, 7) is -0.359. The number of carbonyl (C=O) groups excluding carboxylic acids is 6. The zero-order chi connectivity index (χ0) is 40.9. The Bertz CT molecular complexity index is 2020. The number of hydrogen-bond donors (Lipinski definition) is 1. The van der Waals surface area contributed by atoms with Crippen molar-refractivity contribution in [3.8, 4) is 0 Å². The number of ether oxygens (including phenoxy) is 5. The van der Waals surface area contributed by atoms with Gasteiger partial charge in [-0.3, -0.25) is 14.6 Å². The predicted octanol–water partition coefficient (Wildman–Crippen LogP) is 6.16. The van der Waals surface area contributed by atoms with Crippen LogP contribution in [0.4, 0.5) is 9.59 Å². The highest BCUT2D eigenvalue weighted by molar-refractivity contribution is 5.87. The monoisotopic (exact) mass is 791 g/mol. The third-order valence-electron chi connectivity index (χ3n) is 9.99. The number of rotatable bonds is 15. The molecule has 0 unspecified atom stereocenters. The molecule has 2 heterocycles. The van der Waals surface area contributed by atoms with Crippen molar-refractivity contribution in [1.82, 2.24) is 15.1 Å². The van der Waals surface area contributed by atoms with E-state index in [0.29, 0.717) is 5.56 Å². The second-order valence-corrected chi connectivity index (χ2v) is 13.8. The smallest absolute Gasteiger partial charge is 0.413 e. The Balaban J connectivity index is 1.13. The van der Waals surface area contributed by atoms with Gasteiger partial charge in [-0.05, 0) is 47.9 Å². The summed E-state index contributed by atoms with van der Waals surface area (Å²) in [5.41, 5.74) is 2.94. The van der Waals surface area contributed by atoms with E-state index in [4.69, 9.17) is 23.7 Å². The summed E-state index contributed by atoms with van der Waals surface area (Å²) in [6, 6.07) is 32.5. The topological polar surface area (TPSA) is 167 Å². The van der Waals surface area contributed by atoms with E-state index in [-0.39, 0.29) is 52.0 Å². The van der Waals surface area contributed by atoms with Crippen molar-refractivity contribution < 1.29 is 52.5 Å². The molecule has 1 N–H and O–H groups in total. The van der Waals surface area contributed by atoms with Crippen LogP contribution in [0.1, 0.15) is 66.5 Å². The Hall–Kier alpha value is -6.70. The molecule has 0 aliphatic carbocycles. The highest BCUT2D eigenvalue weighted by Gasteiger charge is 2.48. The van der Waals surface area contributed by atoms with Crippen molar-refractivity contribution in [3.63, 3.8) is 0 Å². The standard InChI is InChI=1S/C44H45N3O11/c1-54-40(49)34(45-37(48)26-25-35-41(50)57-29-46(35)43(52)55-27-30-15-6-2-7-16-30)23-14-24-36-42(51)58-39(33-21-12-5-13-22-33)38(32-19-10-4-11-20-32)47(36)44(53)56-28-31-17-8-3-9-18-31/h2-13,15-22,34-36,38-39H,14,23-29H2,1H3,(H,45,48)/t34-,35-,36+,38+,39-/m0/s1. The molecule has 0 radical (unpaired) electrons. The summed E-state index contributed by atoms with van der Waals surface area (Å²) in [5, 5.41) is 2.66. The molecular weight excluding hydrogens is 746 g/mol. The van der Waals surface area contributed by atoms with E-state index in [1.54, 1.807) is 24.3 Å². The summed E-state index contributed by atoms with van der Waals surface area (Å²) >= 11 is 0. The largest absolute Gasteiger partial charge is 0.467 e. The molecule has 2 saturated heterocycles. The molecule has 2 aliphatic rings. The second-order valence-electron chi connectivity index (χ2n) is 13.8. The molecule has 14 nitrogen and oxygen atoms in total. The lowest BCUT2D eigenvalue weighted by Gasteiger charge is -2.44. The van der Waals surface area contributed by atoms with Gasteiger partial charge in [-0.2, -0.15) is 0 Å². The lowest BCUT2D eigenvalue weighted by Crippen LogP contribution is -2.54. The zero-order valence-electron chi connectivity index (χ0n) is 32.0. The average Bonchev–Trinajstić information content (AvgIpc) is 3.64. The summed E-state index contributed by atoms with van der Waals surface area (Å²) < 4.78 is 27.4. The van der Waals surface area contributed by atoms with Gasteiger partial charge in [-0.1, -0.05) is 121 Å². The molecule has 3 amide bonds. The maximum absolute atomic E-state index is 14.2. The van der Waals surface area contributed by atoms with E-state index < -0.39 is 66.3 Å². The van der Waals surface area contributed by atoms with Gasteiger partial charge in [0.15, 0.2) is 12.8 Å². The molecule has 302 valence electrons. The Morgan fingerprint density at radius 2 is 1.26 bits per heavy atom. The van der Waals surface area contributed by atoms with E-state index in [1.807, 2.05) is 97.1 Å². The number of morpholine rings is 1. The molecule has 0 saturated carbocycles. The summed E-state index contributed by atoms with van der Waals surface area (Å²) in [4.78, 5) is 82.0. The Labute approximate surface area is 335 Å². The Morgan fingerprint density at radius 1 is 0.707 bits per heavy atom. The van der Waals surface area contributed by atoms with Crippen LogP contribution in [0.25, 0.3) is 0 Å². The van der Waals surface area contributed by atoms with Crippen LogP contribution >= 0.6 is 0 Å². The van der Waals surface area contributed by atoms with Gasteiger partial charge in [0.25, 0.3) is 0 Å². The van der Waals surface area contributed by atoms with E-state index in [2.05, 4.69) is 5.32 Å². The van der Waals surface area contributed by atoms with Crippen LogP contribution in [0.15, 0.2) is 121 Å². The normalized spacial score (nSPS) is 19.3. The van der Waals surface area contributed by atoms with Gasteiger partial charge in [-0.25, -0.2) is 24.0 Å². The van der Waals surface area contributed by atoms with Crippen molar-refractivity contribution in [2.45, 2.75) is 75.6 Å². The molecule has 0 aromatic heterocycles. The number of benzene rings is 4. The molecule has 58 heavy (non-hydrogen) atoms. The minimum atomic E-state index is -1.12. The number of methoxy groups -OCH3 is 1. The van der Waals surface area contributed by atoms with Crippen LogP contribution in [0.2, 0.25) is 0 Å². The van der Waals surface area contributed by atoms with Crippen LogP contribution < -0.4 is 5.32 Å². The molecule has 6 rings (SSSR count). The number of nitrogens with one attached hydrogen (secondary N) is 1. The fraction of sp³-hybridized carbons (Fsp3) is 0.318. The van der Waals surface area contributed by atoms with Crippen LogP contribution in [-0.4, -0.2) is 77.8 Å². The summed E-state index contributed by atoms with van der Waals surface area (Å²) in [5.74, 6) is -2.63. The van der Waals surface area contributed by atoms with Gasteiger partial charge in [0.05, 0.1) is 7.11 Å². The SMILES string of the molecule is COC(=O)[C@H](CCC[C@@H]1C(=O)O[C@@H](c2ccccc2)[C@@H](c2ccccc2)N1C(=O)OCc1ccccc1)NC(=O)CC[C@H]1C(=O)OCN1C(=O)OCc1ccccc1. The van der Waals surface area contributed by atoms with Crippen molar-refractivity contribution >= 4 is 36.0 Å². The lowest BCUT2D eigenvalue weighted by molar-refractivity contribution is -0.173. The minimum absolute atomic E-state index is 0.00981. The number of cyclic esters (lactones) is 2. The first-order valence-corrected chi connectivity index (χ1v) is 19.0. The number of esters is 3. The molecule has 4 aromatic carbocycles. The maximum Gasteiger partial charge on any atom is 0.413 e. The predicted molar refractivity (Wildman–Crippen MR) is 207 cm³/mol. The molecule has 5 atom stereocenters. The molecule has 0 bridgehead atoms. The fourth-order valence-corrected chi connectivity index (χ4v) is 7.03. The molecule has 4 aromatic rings. The highest BCUT2D eigenvalue weighted by Crippen LogP contribution is 2.43. The van der Waals surface area contributed by atoms with E-state index in [9.17, 15) is 28.8 Å². The lowest BCUT2D eigenvalue weighted by atomic mass is 9.90. The quantitative estimate of drug-likeness (QED) is 0.108. The molecule has 2 fully saturated rings. The van der Waals surface area contributed by atoms with Gasteiger partial charge < -0.3 is 29.0 Å². The molecule has 2 aliphatic heterocycles. The second kappa shape index (κ2) is 19.9. The maximum atomic E-state index is 14.2. The highest BCUT2D eigenvalue weighted by atomic mass is 16.6. The fourth-order valence-electron chi connectivity index (χ4n) is 7.03. The van der Waals surface area contributed by atoms with Gasteiger partial charge in [-0.15, -0.1) is 0 Å². The number of hydrogen-bond acceptors (Lipinski definition) is 11. The number of amides is 3. The Kier molecular flexibility index (Phi) is 14.1. The van der Waals surface area contributed by atoms with Crippen LogP contribution in [-0.2, 0) is 56.1 Å². The van der Waals surface area contributed by atoms with Crippen molar-refractivity contribution in [3.05, 3.63) is 144 Å². The third-order valence-corrected chi connectivity index (χ3v) is 9.99. The van der Waals surface area contributed by atoms with Crippen LogP contribution in [0.5, 0.6) is 0 Å². The summed E-state index contributed by atoms with van der Waals surface area (Å²) in [7, 11) is 1.19. The minimum Gasteiger partial charge on any atom is -0.467 e. The van der Waals surface area contributed by atoms with Gasteiger partial charge >= 0.3 is 30.1 Å². The zero-order valence-corrected chi connectivity index (χ0v) is 32.0. The van der Waals surface area contributed by atoms with Gasteiger partial charge in [0, 0.05) is 6.42 Å². The molecule has 0 spiro atoms. The van der Waals surface area contributed by atoms with Crippen LogP contribution in [0.3, 0.4) is 0 Å². The average molecular weight is 792 g/mol. The summed E-state index contributed by atoms with van der Waals surface area (Å²) in [6.07, 6.45) is -2.38. The Morgan fingerprint density at radius 3 is 1.84 bits per heavy atom. The first kappa shape index (κ1) is 40.9. The van der Waals surface area contributed by atoms with E-state index in [1.165, 1.54) is 12.0 Å². The van der Waals surface area contributed by atoms with Crippen LogP contribution in [0, 0.1) is 0 Å². The van der Waals surface area contributed by atoms with Gasteiger partial charge in [0.2, 0.25) is 5.91 Å². The molecular formula is C44H45N3O11. The van der Waals surface area contributed by atoms with Crippen molar-refractivity contribution in [2.75, 3.05) is 13.8 Å². The first-order valence-electron chi connectivity index (χ1n) is 19.0. The van der Waals surface area contributed by atoms with Crippen molar-refractivity contribution in [2.24, 2.45) is 0 Å². The number of nitrogens with zero attached hydrogens (tertiary/aromatic N) is 2. The number of carbonyl (C=O) groups is 6. The van der Waals surface area contributed by atoms with E-state index in [0.717, 1.165) is 21.6 Å². The first-order chi connectivity index (χ1) is 28.2.